The van der Waals surface area contributed by atoms with Crippen LogP contribution in [0, 0.1) is 22.7 Å². The molecule has 4 rings (SSSR count). The normalized spacial score (nSPS) is 15.9. The smallest absolute Gasteiger partial charge is 0.338 e. The van der Waals surface area contributed by atoms with Crippen molar-refractivity contribution in [2.75, 3.05) is 6.61 Å². The number of carbonyl (C=O) groups is 1. The average Bonchev–Trinajstić information content (AvgIpc) is 3.41. The minimum absolute atomic E-state index is 0.261. The average molecular weight is 461 g/mol. The predicted molar refractivity (Wildman–Crippen MR) is 131 cm³/mol. The van der Waals surface area contributed by atoms with E-state index in [4.69, 9.17) is 9.15 Å². The molecule has 0 spiro atoms. The van der Waals surface area contributed by atoms with Crippen molar-refractivity contribution in [3.8, 4) is 17.4 Å². The number of furan rings is 1. The second kappa shape index (κ2) is 9.36. The molecule has 5 nitrogen and oxygen atoms in total. The number of esters is 1. The van der Waals surface area contributed by atoms with Crippen LogP contribution in [0.2, 0.25) is 0 Å². The first-order chi connectivity index (χ1) is 15.8. The lowest BCUT2D eigenvalue weighted by molar-refractivity contribution is 0.0526. The van der Waals surface area contributed by atoms with Crippen LogP contribution in [0.4, 0.5) is 5.00 Å². The molecule has 2 aromatic heterocycles. The highest BCUT2D eigenvalue weighted by molar-refractivity contribution is 7.16. The summed E-state index contributed by atoms with van der Waals surface area (Å²) in [4.78, 5) is 17.7. The summed E-state index contributed by atoms with van der Waals surface area (Å²) in [6, 6.07) is 13.2. The van der Waals surface area contributed by atoms with Gasteiger partial charge in [0.05, 0.1) is 23.9 Å². The van der Waals surface area contributed by atoms with Crippen molar-refractivity contribution >= 4 is 28.5 Å². The minimum Gasteiger partial charge on any atom is -0.462 e. The van der Waals surface area contributed by atoms with Crippen LogP contribution in [0.5, 0.6) is 0 Å². The molecule has 170 valence electrons. The summed E-state index contributed by atoms with van der Waals surface area (Å²) in [6.07, 6.45) is 4.75. The number of nitrogens with zero attached hydrogens (tertiary/aromatic N) is 2. The van der Waals surface area contributed by atoms with Gasteiger partial charge in [-0.1, -0.05) is 32.9 Å². The fourth-order valence-electron chi connectivity index (χ4n) is 4.20. The van der Waals surface area contributed by atoms with Crippen LogP contribution >= 0.6 is 11.3 Å². The molecule has 0 N–H and O–H groups in total. The first kappa shape index (κ1) is 23.0. The summed E-state index contributed by atoms with van der Waals surface area (Å²) < 4.78 is 11.0. The first-order valence-corrected chi connectivity index (χ1v) is 12.1. The van der Waals surface area contributed by atoms with Crippen molar-refractivity contribution in [3.63, 3.8) is 0 Å². The highest BCUT2D eigenvalue weighted by Gasteiger charge is 2.32. The molecule has 0 bridgehead atoms. The zero-order valence-corrected chi connectivity index (χ0v) is 20.3. The quantitative estimate of drug-likeness (QED) is 0.305. The lowest BCUT2D eigenvalue weighted by atomic mass is 9.72. The Bertz CT molecular complexity index is 1220. The Hall–Kier alpha value is -3.17. The largest absolute Gasteiger partial charge is 0.462 e. The van der Waals surface area contributed by atoms with Crippen molar-refractivity contribution in [1.29, 1.82) is 5.26 Å². The number of hydrogen-bond donors (Lipinski definition) is 0. The highest BCUT2D eigenvalue weighted by atomic mass is 32.1. The molecular formula is C27H28N2O3S. The van der Waals surface area contributed by atoms with Crippen LogP contribution in [-0.2, 0) is 17.6 Å². The summed E-state index contributed by atoms with van der Waals surface area (Å²) in [5, 5.41) is 10.5. The van der Waals surface area contributed by atoms with E-state index in [1.807, 2.05) is 24.3 Å². The summed E-state index contributed by atoms with van der Waals surface area (Å²) >= 11 is 1.63. The van der Waals surface area contributed by atoms with Gasteiger partial charge >= 0.3 is 5.97 Å². The number of rotatable bonds is 5. The van der Waals surface area contributed by atoms with E-state index in [1.165, 1.54) is 10.4 Å². The number of ether oxygens (including phenoxy) is 1. The molecule has 2 heterocycles. The van der Waals surface area contributed by atoms with Gasteiger partial charge in [-0.05, 0) is 67.3 Å². The van der Waals surface area contributed by atoms with Gasteiger partial charge in [-0.15, -0.1) is 11.3 Å². The first-order valence-electron chi connectivity index (χ1n) is 11.3. The van der Waals surface area contributed by atoms with E-state index in [0.717, 1.165) is 29.8 Å². The zero-order chi connectivity index (χ0) is 23.6. The van der Waals surface area contributed by atoms with Crippen LogP contribution in [0.1, 0.15) is 66.2 Å². The van der Waals surface area contributed by atoms with Crippen molar-refractivity contribution in [2.45, 2.75) is 47.0 Å². The Labute approximate surface area is 198 Å². The number of thiophene rings is 1. The van der Waals surface area contributed by atoms with Crippen LogP contribution in [0.15, 0.2) is 45.8 Å². The standard InChI is InChI=1S/C27H28N2O3S/c1-5-31-26(30)18-8-6-17(7-9-18)23-13-11-20(32-23)16-29-25-22(15-28)21-12-10-19(27(2,3)4)14-24(21)33-25/h6-9,11,13,16,19H,5,10,12,14H2,1-4H3/t19-/m0/s1. The van der Waals surface area contributed by atoms with Crippen LogP contribution in [-0.4, -0.2) is 18.8 Å². The fourth-order valence-corrected chi connectivity index (χ4v) is 5.42. The number of benzene rings is 1. The van der Waals surface area contributed by atoms with Gasteiger partial charge in [-0.25, -0.2) is 9.79 Å². The fraction of sp³-hybridized carbons (Fsp3) is 0.370. The number of hydrogen-bond acceptors (Lipinski definition) is 6. The zero-order valence-electron chi connectivity index (χ0n) is 19.5. The molecule has 0 aliphatic heterocycles. The van der Waals surface area contributed by atoms with Gasteiger partial charge in [0, 0.05) is 10.4 Å². The maximum atomic E-state index is 11.8. The number of nitriles is 1. The van der Waals surface area contributed by atoms with Gasteiger partial charge in [0.1, 0.15) is 22.6 Å². The van der Waals surface area contributed by atoms with E-state index in [2.05, 4.69) is 31.8 Å². The van der Waals surface area contributed by atoms with E-state index in [0.29, 0.717) is 35.2 Å². The Morgan fingerprint density at radius 3 is 2.70 bits per heavy atom. The predicted octanol–water partition coefficient (Wildman–Crippen LogP) is 6.96. The molecule has 0 saturated carbocycles. The molecule has 1 aliphatic rings. The molecule has 0 saturated heterocycles. The molecule has 0 unspecified atom stereocenters. The Morgan fingerprint density at radius 1 is 1.27 bits per heavy atom. The van der Waals surface area contributed by atoms with E-state index >= 15 is 0 Å². The minimum atomic E-state index is -0.336. The Kier molecular flexibility index (Phi) is 6.53. The van der Waals surface area contributed by atoms with Gasteiger partial charge in [0.25, 0.3) is 0 Å². The molecule has 0 radical (unpaired) electrons. The van der Waals surface area contributed by atoms with Gasteiger partial charge in [-0.3, -0.25) is 0 Å². The second-order valence-electron chi connectivity index (χ2n) is 9.36. The number of fused-ring (bicyclic) bond motifs is 1. The van der Waals surface area contributed by atoms with Crippen molar-refractivity contribution in [2.24, 2.45) is 16.3 Å². The third-order valence-electron chi connectivity index (χ3n) is 6.20. The molecule has 6 heteroatoms. The third kappa shape index (κ3) is 4.94. The topological polar surface area (TPSA) is 75.6 Å². The van der Waals surface area contributed by atoms with Gasteiger partial charge in [0.2, 0.25) is 0 Å². The third-order valence-corrected chi connectivity index (χ3v) is 7.36. The molecule has 0 amide bonds. The summed E-state index contributed by atoms with van der Waals surface area (Å²) in [6.45, 7) is 9.00. The van der Waals surface area contributed by atoms with Gasteiger partial charge < -0.3 is 9.15 Å². The summed E-state index contributed by atoms with van der Waals surface area (Å²) in [5.41, 5.74) is 3.52. The summed E-state index contributed by atoms with van der Waals surface area (Å²) in [5.74, 6) is 1.58. The maximum absolute atomic E-state index is 11.8. The Balaban J connectivity index is 1.52. The lowest BCUT2D eigenvalue weighted by Crippen LogP contribution is -2.26. The van der Waals surface area contributed by atoms with Crippen molar-refractivity contribution in [3.05, 3.63) is 63.7 Å². The maximum Gasteiger partial charge on any atom is 0.338 e. The van der Waals surface area contributed by atoms with E-state index < -0.39 is 0 Å². The van der Waals surface area contributed by atoms with Crippen molar-refractivity contribution in [1.82, 2.24) is 0 Å². The van der Waals surface area contributed by atoms with Crippen LogP contribution in [0.3, 0.4) is 0 Å². The van der Waals surface area contributed by atoms with E-state index in [9.17, 15) is 10.1 Å². The van der Waals surface area contributed by atoms with Gasteiger partial charge in [0.15, 0.2) is 0 Å². The number of carbonyl (C=O) groups excluding carboxylic acids is 1. The second-order valence-corrected chi connectivity index (χ2v) is 10.4. The van der Waals surface area contributed by atoms with Crippen LogP contribution in [0.25, 0.3) is 11.3 Å². The SMILES string of the molecule is CCOC(=O)c1ccc(-c2ccc(C=Nc3sc4c(c3C#N)CC[C@H](C(C)(C)C)C4)o2)cc1. The molecular weight excluding hydrogens is 432 g/mol. The van der Waals surface area contributed by atoms with E-state index in [1.54, 1.807) is 36.6 Å². The number of aliphatic imine (C=N–C) groups is 1. The summed E-state index contributed by atoms with van der Waals surface area (Å²) in [7, 11) is 0. The van der Waals surface area contributed by atoms with E-state index in [-0.39, 0.29) is 11.4 Å². The monoisotopic (exact) mass is 460 g/mol. The van der Waals surface area contributed by atoms with Crippen LogP contribution < -0.4 is 0 Å². The molecule has 0 fully saturated rings. The highest BCUT2D eigenvalue weighted by Crippen LogP contribution is 2.44. The van der Waals surface area contributed by atoms with Crippen molar-refractivity contribution < 1.29 is 13.9 Å². The lowest BCUT2D eigenvalue weighted by Gasteiger charge is -2.33. The molecule has 33 heavy (non-hydrogen) atoms. The molecule has 1 atom stereocenters. The molecule has 1 aromatic carbocycles. The Morgan fingerprint density at radius 2 is 2.03 bits per heavy atom. The molecule has 1 aliphatic carbocycles. The van der Waals surface area contributed by atoms with Gasteiger partial charge in [-0.2, -0.15) is 5.26 Å². The molecule has 3 aromatic rings.